The average molecular weight is 469 g/mol. The van der Waals surface area contributed by atoms with E-state index >= 15 is 0 Å². The van der Waals surface area contributed by atoms with Crippen LogP contribution in [0.5, 0.6) is 11.5 Å². The van der Waals surface area contributed by atoms with Crippen molar-refractivity contribution >= 4 is 40.5 Å². The number of nitrogens with zero attached hydrogens (tertiary/aromatic N) is 2. The second-order valence-electron chi connectivity index (χ2n) is 6.66. The Hall–Kier alpha value is -3.53. The molecule has 0 amide bonds. The first-order valence-electron chi connectivity index (χ1n) is 9.61. The Labute approximate surface area is 195 Å². The fourth-order valence-electron chi connectivity index (χ4n) is 2.94. The summed E-state index contributed by atoms with van der Waals surface area (Å²) in [6.07, 6.45) is 1.59. The van der Waals surface area contributed by atoms with Gasteiger partial charge in [0.15, 0.2) is 11.5 Å². The van der Waals surface area contributed by atoms with Crippen LogP contribution < -0.4 is 9.47 Å². The molecule has 0 aliphatic rings. The molecule has 3 rings (SSSR count). The van der Waals surface area contributed by atoms with Crippen LogP contribution in [0.1, 0.15) is 23.6 Å². The summed E-state index contributed by atoms with van der Waals surface area (Å²) in [6, 6.07) is 18.6. The number of ether oxygens (including phenoxy) is 2. The molecule has 0 atom stereocenters. The van der Waals surface area contributed by atoms with E-state index in [4.69, 9.17) is 32.7 Å². The molecule has 0 bridgehead atoms. The molecule has 0 saturated heterocycles. The summed E-state index contributed by atoms with van der Waals surface area (Å²) in [5.41, 5.74) is 2.10. The highest BCUT2D eigenvalue weighted by molar-refractivity contribution is 6.32. The van der Waals surface area contributed by atoms with Crippen LogP contribution in [0.3, 0.4) is 0 Å². The van der Waals surface area contributed by atoms with Crippen LogP contribution in [0.4, 0.5) is 5.69 Å². The molecule has 8 heteroatoms. The number of nitriles is 1. The maximum Gasteiger partial charge on any atom is 0.270 e. The van der Waals surface area contributed by atoms with Crippen molar-refractivity contribution in [3.63, 3.8) is 0 Å². The molecule has 0 saturated carbocycles. The van der Waals surface area contributed by atoms with Gasteiger partial charge in [0.2, 0.25) is 0 Å². The SMILES string of the molecule is CCOc1cc(C=C(C#N)c2cccc([N+](=O)[O-])c2)cc(Cl)c1OCc1ccc(Cl)cc1. The van der Waals surface area contributed by atoms with Gasteiger partial charge in [0.25, 0.3) is 5.69 Å². The van der Waals surface area contributed by atoms with Gasteiger partial charge >= 0.3 is 0 Å². The molecule has 162 valence electrons. The standard InChI is InChI=1S/C24H18Cl2N2O4/c1-2-31-23-12-17(10-19(14-27)18-4-3-5-21(13-18)28(29)30)11-22(26)24(23)32-15-16-6-8-20(25)9-7-16/h3-13H,2,15H2,1H3. The van der Waals surface area contributed by atoms with E-state index in [0.29, 0.717) is 39.3 Å². The molecule has 0 unspecified atom stereocenters. The third kappa shape index (κ3) is 5.79. The minimum atomic E-state index is -0.505. The Morgan fingerprint density at radius 2 is 1.88 bits per heavy atom. The highest BCUT2D eigenvalue weighted by Crippen LogP contribution is 2.38. The van der Waals surface area contributed by atoms with Crippen molar-refractivity contribution in [3.8, 4) is 17.6 Å². The summed E-state index contributed by atoms with van der Waals surface area (Å²) in [5.74, 6) is 0.811. The Morgan fingerprint density at radius 3 is 2.53 bits per heavy atom. The molecule has 6 nitrogen and oxygen atoms in total. The molecule has 0 N–H and O–H groups in total. The number of nitro groups is 1. The average Bonchev–Trinajstić information content (AvgIpc) is 2.78. The third-order valence-corrected chi connectivity index (χ3v) is 4.96. The minimum Gasteiger partial charge on any atom is -0.490 e. The van der Waals surface area contributed by atoms with Crippen molar-refractivity contribution in [1.29, 1.82) is 5.26 Å². The van der Waals surface area contributed by atoms with Crippen LogP contribution in [-0.2, 0) is 6.61 Å². The first-order chi connectivity index (χ1) is 15.4. The Bertz CT molecular complexity index is 1200. The number of halogens is 2. The second kappa shape index (κ2) is 10.7. The summed E-state index contributed by atoms with van der Waals surface area (Å²) in [5, 5.41) is 21.6. The quantitative estimate of drug-likeness (QED) is 0.154. The molecule has 0 aliphatic heterocycles. The maximum atomic E-state index is 11.1. The predicted octanol–water partition coefficient (Wildman–Crippen LogP) is 6.94. The first kappa shape index (κ1) is 23.1. The number of rotatable bonds is 8. The van der Waals surface area contributed by atoms with Crippen molar-refractivity contribution in [2.45, 2.75) is 13.5 Å². The van der Waals surface area contributed by atoms with Gasteiger partial charge < -0.3 is 9.47 Å². The molecule has 0 radical (unpaired) electrons. The molecule has 0 spiro atoms. The van der Waals surface area contributed by atoms with Crippen LogP contribution >= 0.6 is 23.2 Å². The topological polar surface area (TPSA) is 85.4 Å². The molecular formula is C24H18Cl2N2O4. The van der Waals surface area contributed by atoms with E-state index in [1.807, 2.05) is 19.1 Å². The van der Waals surface area contributed by atoms with Crippen molar-refractivity contribution in [2.75, 3.05) is 6.61 Å². The number of non-ortho nitro benzene ring substituents is 1. The normalized spacial score (nSPS) is 11.0. The Kier molecular flexibility index (Phi) is 7.72. The van der Waals surface area contributed by atoms with Gasteiger partial charge in [-0.05, 0) is 54.0 Å². The first-order valence-corrected chi connectivity index (χ1v) is 10.4. The van der Waals surface area contributed by atoms with Gasteiger partial charge in [0.1, 0.15) is 6.61 Å². The molecule has 0 fully saturated rings. The predicted molar refractivity (Wildman–Crippen MR) is 125 cm³/mol. The fourth-order valence-corrected chi connectivity index (χ4v) is 3.34. The van der Waals surface area contributed by atoms with Gasteiger partial charge in [-0.3, -0.25) is 10.1 Å². The lowest BCUT2D eigenvalue weighted by atomic mass is 10.0. The minimum absolute atomic E-state index is 0.0948. The summed E-state index contributed by atoms with van der Waals surface area (Å²) < 4.78 is 11.6. The van der Waals surface area contributed by atoms with E-state index in [9.17, 15) is 15.4 Å². The van der Waals surface area contributed by atoms with E-state index in [0.717, 1.165) is 5.56 Å². The molecule has 0 aliphatic carbocycles. The largest absolute Gasteiger partial charge is 0.490 e. The van der Waals surface area contributed by atoms with Crippen molar-refractivity contribution in [2.24, 2.45) is 0 Å². The van der Waals surface area contributed by atoms with Gasteiger partial charge in [0, 0.05) is 17.2 Å². The van der Waals surface area contributed by atoms with E-state index in [-0.39, 0.29) is 17.9 Å². The van der Waals surface area contributed by atoms with E-state index < -0.39 is 4.92 Å². The van der Waals surface area contributed by atoms with E-state index in [2.05, 4.69) is 6.07 Å². The van der Waals surface area contributed by atoms with Crippen LogP contribution in [0.15, 0.2) is 60.7 Å². The fraction of sp³-hybridized carbons (Fsp3) is 0.125. The molecular weight excluding hydrogens is 451 g/mol. The van der Waals surface area contributed by atoms with Gasteiger partial charge in [-0.2, -0.15) is 5.26 Å². The van der Waals surface area contributed by atoms with E-state index in [1.54, 1.807) is 36.4 Å². The van der Waals surface area contributed by atoms with Crippen molar-refractivity contribution in [3.05, 3.63) is 97.5 Å². The van der Waals surface area contributed by atoms with Gasteiger partial charge in [0.05, 0.1) is 28.2 Å². The monoisotopic (exact) mass is 468 g/mol. The Balaban J connectivity index is 1.93. The van der Waals surface area contributed by atoms with Crippen molar-refractivity contribution < 1.29 is 14.4 Å². The number of benzene rings is 3. The molecule has 0 heterocycles. The summed E-state index contributed by atoms with van der Waals surface area (Å²) >= 11 is 12.4. The summed E-state index contributed by atoms with van der Waals surface area (Å²) in [4.78, 5) is 10.5. The summed E-state index contributed by atoms with van der Waals surface area (Å²) in [7, 11) is 0. The highest BCUT2D eigenvalue weighted by Gasteiger charge is 2.14. The summed E-state index contributed by atoms with van der Waals surface area (Å²) in [6.45, 7) is 2.49. The van der Waals surface area contributed by atoms with Crippen LogP contribution in [0.25, 0.3) is 11.6 Å². The number of hydrogen-bond donors (Lipinski definition) is 0. The Morgan fingerprint density at radius 1 is 1.12 bits per heavy atom. The van der Waals surface area contributed by atoms with Crippen LogP contribution in [-0.4, -0.2) is 11.5 Å². The molecule has 3 aromatic carbocycles. The number of nitro benzene ring substituents is 1. The van der Waals surface area contributed by atoms with E-state index in [1.165, 1.54) is 18.2 Å². The lowest BCUT2D eigenvalue weighted by molar-refractivity contribution is -0.384. The number of allylic oxidation sites excluding steroid dienone is 1. The van der Waals surface area contributed by atoms with Gasteiger partial charge in [-0.15, -0.1) is 0 Å². The third-order valence-electron chi connectivity index (χ3n) is 4.43. The highest BCUT2D eigenvalue weighted by atomic mass is 35.5. The zero-order valence-corrected chi connectivity index (χ0v) is 18.6. The lowest BCUT2D eigenvalue weighted by Gasteiger charge is -2.15. The molecule has 32 heavy (non-hydrogen) atoms. The maximum absolute atomic E-state index is 11.1. The van der Waals surface area contributed by atoms with Crippen molar-refractivity contribution in [1.82, 2.24) is 0 Å². The second-order valence-corrected chi connectivity index (χ2v) is 7.50. The smallest absolute Gasteiger partial charge is 0.270 e. The zero-order valence-electron chi connectivity index (χ0n) is 17.0. The van der Waals surface area contributed by atoms with Crippen LogP contribution in [0, 0.1) is 21.4 Å². The lowest BCUT2D eigenvalue weighted by Crippen LogP contribution is -2.01. The molecule has 0 aromatic heterocycles. The zero-order chi connectivity index (χ0) is 23.1. The van der Waals surface area contributed by atoms with Gasteiger partial charge in [-0.1, -0.05) is 47.5 Å². The van der Waals surface area contributed by atoms with Crippen LogP contribution in [0.2, 0.25) is 10.0 Å². The molecule has 3 aromatic rings. The van der Waals surface area contributed by atoms with Gasteiger partial charge in [-0.25, -0.2) is 0 Å². The number of hydrogen-bond acceptors (Lipinski definition) is 5.